The topological polar surface area (TPSA) is 20.2 Å². The molecule has 1 nitrogen and oxygen atoms in total. The summed E-state index contributed by atoms with van der Waals surface area (Å²) in [7, 11) is 0. The van der Waals surface area contributed by atoms with Crippen LogP contribution in [0.1, 0.15) is 16.7 Å². The van der Waals surface area contributed by atoms with Crippen LogP contribution in [0.3, 0.4) is 0 Å². The third-order valence-corrected chi connectivity index (χ3v) is 3.21. The molecule has 2 heteroatoms. The number of rotatable bonds is 1. The maximum atomic E-state index is 13.7. The first kappa shape index (κ1) is 9.55. The van der Waals surface area contributed by atoms with Crippen molar-refractivity contribution in [3.63, 3.8) is 0 Å². The van der Waals surface area contributed by atoms with E-state index in [0.717, 1.165) is 11.1 Å². The van der Waals surface area contributed by atoms with Crippen LogP contribution in [-0.2, 0) is 12.0 Å². The molecule has 2 aromatic rings. The Hall–Kier alpha value is -1.67. The standard InChI is InChI=1S/C14H11FO/c15-12-8-4-5-10-9-14(16,13(10)12)11-6-2-1-3-7-11/h1-8,16H,9H2/t14-/m0/s1. The van der Waals surface area contributed by atoms with Crippen molar-refractivity contribution in [1.82, 2.24) is 0 Å². The fraction of sp³-hybridized carbons (Fsp3) is 0.143. The lowest BCUT2D eigenvalue weighted by molar-refractivity contribution is 0.0515. The van der Waals surface area contributed by atoms with Gasteiger partial charge in [-0.15, -0.1) is 0 Å². The zero-order valence-electron chi connectivity index (χ0n) is 8.65. The number of hydrogen-bond acceptors (Lipinski definition) is 1. The van der Waals surface area contributed by atoms with Crippen molar-refractivity contribution < 1.29 is 9.50 Å². The molecule has 0 radical (unpaired) electrons. The van der Waals surface area contributed by atoms with Gasteiger partial charge in [0.1, 0.15) is 11.4 Å². The Morgan fingerprint density at radius 2 is 1.75 bits per heavy atom. The molecule has 3 rings (SSSR count). The highest BCUT2D eigenvalue weighted by molar-refractivity contribution is 5.51. The van der Waals surface area contributed by atoms with Crippen molar-refractivity contribution in [2.75, 3.05) is 0 Å². The molecule has 0 saturated heterocycles. The summed E-state index contributed by atoms with van der Waals surface area (Å²) in [5.41, 5.74) is 0.947. The van der Waals surface area contributed by atoms with Gasteiger partial charge in [0.25, 0.3) is 0 Å². The van der Waals surface area contributed by atoms with E-state index in [9.17, 15) is 9.50 Å². The Balaban J connectivity index is 2.15. The molecule has 0 bridgehead atoms. The van der Waals surface area contributed by atoms with Gasteiger partial charge in [0.05, 0.1) is 0 Å². The van der Waals surface area contributed by atoms with E-state index in [1.807, 2.05) is 36.4 Å². The van der Waals surface area contributed by atoms with Crippen LogP contribution in [0, 0.1) is 5.82 Å². The minimum Gasteiger partial charge on any atom is -0.380 e. The summed E-state index contributed by atoms with van der Waals surface area (Å²) in [5, 5.41) is 10.5. The molecule has 0 aliphatic heterocycles. The molecule has 0 unspecified atom stereocenters. The van der Waals surface area contributed by atoms with Crippen molar-refractivity contribution in [2.45, 2.75) is 12.0 Å². The van der Waals surface area contributed by atoms with E-state index in [-0.39, 0.29) is 5.82 Å². The predicted molar refractivity (Wildman–Crippen MR) is 59.5 cm³/mol. The lowest BCUT2D eigenvalue weighted by Crippen LogP contribution is -2.40. The van der Waals surface area contributed by atoms with E-state index >= 15 is 0 Å². The van der Waals surface area contributed by atoms with Crippen LogP contribution < -0.4 is 0 Å². The van der Waals surface area contributed by atoms with E-state index in [0.29, 0.717) is 12.0 Å². The average molecular weight is 214 g/mol. The van der Waals surface area contributed by atoms with E-state index in [4.69, 9.17) is 0 Å². The van der Waals surface area contributed by atoms with Crippen LogP contribution in [0.2, 0.25) is 0 Å². The lowest BCUT2D eigenvalue weighted by atomic mass is 9.69. The van der Waals surface area contributed by atoms with Crippen LogP contribution in [0.25, 0.3) is 0 Å². The van der Waals surface area contributed by atoms with Crippen LogP contribution in [0.4, 0.5) is 4.39 Å². The van der Waals surface area contributed by atoms with Gasteiger partial charge in [-0.3, -0.25) is 0 Å². The largest absolute Gasteiger partial charge is 0.380 e. The number of benzene rings is 2. The summed E-state index contributed by atoms with van der Waals surface area (Å²) >= 11 is 0. The summed E-state index contributed by atoms with van der Waals surface area (Å²) in [6.45, 7) is 0. The van der Waals surface area contributed by atoms with Gasteiger partial charge in [-0.05, 0) is 17.2 Å². The number of halogens is 1. The first-order valence-electron chi connectivity index (χ1n) is 5.27. The Bertz CT molecular complexity index is 521. The molecule has 80 valence electrons. The molecule has 1 aliphatic carbocycles. The lowest BCUT2D eigenvalue weighted by Gasteiger charge is -2.40. The summed E-state index contributed by atoms with van der Waals surface area (Å²) in [4.78, 5) is 0. The smallest absolute Gasteiger partial charge is 0.129 e. The van der Waals surface area contributed by atoms with Gasteiger partial charge < -0.3 is 5.11 Å². The van der Waals surface area contributed by atoms with Crippen LogP contribution in [-0.4, -0.2) is 5.11 Å². The first-order valence-corrected chi connectivity index (χ1v) is 5.27. The zero-order chi connectivity index (χ0) is 11.2. The average Bonchev–Trinajstić information content (AvgIpc) is 2.28. The van der Waals surface area contributed by atoms with Gasteiger partial charge in [0, 0.05) is 12.0 Å². The molecular formula is C14H11FO. The molecule has 1 aliphatic rings. The third-order valence-electron chi connectivity index (χ3n) is 3.21. The second kappa shape index (κ2) is 3.16. The number of aliphatic hydroxyl groups is 1. The van der Waals surface area contributed by atoms with Gasteiger partial charge in [-0.1, -0.05) is 42.5 Å². The Kier molecular flexibility index (Phi) is 1.88. The van der Waals surface area contributed by atoms with Gasteiger partial charge in [0.15, 0.2) is 0 Å². The van der Waals surface area contributed by atoms with E-state index in [1.165, 1.54) is 6.07 Å². The maximum absolute atomic E-state index is 13.7. The normalized spacial score (nSPS) is 22.4. The van der Waals surface area contributed by atoms with E-state index in [2.05, 4.69) is 0 Å². The van der Waals surface area contributed by atoms with Crippen LogP contribution in [0.15, 0.2) is 48.5 Å². The molecule has 16 heavy (non-hydrogen) atoms. The quantitative estimate of drug-likeness (QED) is 0.773. The molecule has 0 amide bonds. The Morgan fingerprint density at radius 1 is 1.00 bits per heavy atom. The molecule has 0 spiro atoms. The summed E-state index contributed by atoms with van der Waals surface area (Å²) < 4.78 is 13.7. The fourth-order valence-electron chi connectivity index (χ4n) is 2.40. The SMILES string of the molecule is O[C@]1(c2ccccc2)Cc2cccc(F)c21. The van der Waals surface area contributed by atoms with Crippen LogP contribution in [0.5, 0.6) is 0 Å². The molecule has 1 atom stereocenters. The highest BCUT2D eigenvalue weighted by atomic mass is 19.1. The Labute approximate surface area is 93.2 Å². The molecule has 1 N–H and O–H groups in total. The predicted octanol–water partition coefficient (Wildman–Crippen LogP) is 2.62. The number of fused-ring (bicyclic) bond motifs is 1. The Morgan fingerprint density at radius 3 is 2.44 bits per heavy atom. The molecule has 0 fully saturated rings. The van der Waals surface area contributed by atoms with Crippen molar-refractivity contribution >= 4 is 0 Å². The van der Waals surface area contributed by atoms with Crippen LogP contribution >= 0.6 is 0 Å². The highest BCUT2D eigenvalue weighted by Crippen LogP contribution is 2.45. The van der Waals surface area contributed by atoms with Crippen molar-refractivity contribution in [1.29, 1.82) is 0 Å². The monoisotopic (exact) mass is 214 g/mol. The van der Waals surface area contributed by atoms with Crippen molar-refractivity contribution in [3.8, 4) is 0 Å². The summed E-state index contributed by atoms with van der Waals surface area (Å²) in [5.74, 6) is -0.324. The highest BCUT2D eigenvalue weighted by Gasteiger charge is 2.44. The van der Waals surface area contributed by atoms with Gasteiger partial charge in [0.2, 0.25) is 0 Å². The second-order valence-electron chi connectivity index (χ2n) is 4.18. The first-order chi connectivity index (χ1) is 7.72. The molecule has 2 aromatic carbocycles. The molecule has 0 heterocycles. The zero-order valence-corrected chi connectivity index (χ0v) is 8.65. The van der Waals surface area contributed by atoms with Gasteiger partial charge in [-0.2, -0.15) is 0 Å². The van der Waals surface area contributed by atoms with Gasteiger partial charge >= 0.3 is 0 Å². The van der Waals surface area contributed by atoms with Gasteiger partial charge in [-0.25, -0.2) is 4.39 Å². The third kappa shape index (κ3) is 1.14. The van der Waals surface area contributed by atoms with Crippen molar-refractivity contribution in [3.05, 3.63) is 71.0 Å². The van der Waals surface area contributed by atoms with E-state index in [1.54, 1.807) is 6.07 Å². The summed E-state index contributed by atoms with van der Waals surface area (Å²) in [6, 6.07) is 14.2. The molecular weight excluding hydrogens is 203 g/mol. The number of hydrogen-bond donors (Lipinski definition) is 1. The fourth-order valence-corrected chi connectivity index (χ4v) is 2.40. The molecule has 0 aromatic heterocycles. The minimum absolute atomic E-state index is 0.324. The summed E-state index contributed by atoms with van der Waals surface area (Å²) in [6.07, 6.45) is 0.490. The van der Waals surface area contributed by atoms with Crippen molar-refractivity contribution in [2.24, 2.45) is 0 Å². The maximum Gasteiger partial charge on any atom is 0.129 e. The second-order valence-corrected chi connectivity index (χ2v) is 4.18. The molecule has 0 saturated carbocycles. The minimum atomic E-state index is -1.14. The van der Waals surface area contributed by atoms with E-state index < -0.39 is 5.60 Å².